The van der Waals surface area contributed by atoms with E-state index in [-0.39, 0.29) is 5.91 Å². The highest BCUT2D eigenvalue weighted by molar-refractivity contribution is 6.00. The van der Waals surface area contributed by atoms with E-state index >= 15 is 0 Å². The van der Waals surface area contributed by atoms with Gasteiger partial charge in [0.2, 0.25) is 0 Å². The van der Waals surface area contributed by atoms with Gasteiger partial charge in [-0.05, 0) is 57.4 Å². The normalized spacial score (nSPS) is 24.9. The number of rotatable bonds is 4. The van der Waals surface area contributed by atoms with Crippen LogP contribution >= 0.6 is 0 Å². The third-order valence-corrected chi connectivity index (χ3v) is 4.71. The van der Waals surface area contributed by atoms with Gasteiger partial charge in [0.25, 0.3) is 5.91 Å². The molecule has 2 unspecified atom stereocenters. The summed E-state index contributed by atoms with van der Waals surface area (Å²) in [6.45, 7) is 7.25. The van der Waals surface area contributed by atoms with Crippen molar-refractivity contribution in [2.24, 2.45) is 0 Å². The summed E-state index contributed by atoms with van der Waals surface area (Å²) in [5.41, 5.74) is 2.88. The molecule has 0 radical (unpaired) electrons. The van der Waals surface area contributed by atoms with Crippen LogP contribution in [0.5, 0.6) is 0 Å². The molecule has 1 aromatic rings. The number of anilines is 1. The maximum Gasteiger partial charge on any atom is 0.253 e. The lowest BCUT2D eigenvalue weighted by Crippen LogP contribution is -2.42. The summed E-state index contributed by atoms with van der Waals surface area (Å²) in [6.07, 6.45) is 3.57. The summed E-state index contributed by atoms with van der Waals surface area (Å²) in [5, 5.41) is 6.56. The summed E-state index contributed by atoms with van der Waals surface area (Å²) < 4.78 is 0. The summed E-state index contributed by atoms with van der Waals surface area (Å²) in [7, 11) is 0. The molecular formula is C17H25N3O. The van der Waals surface area contributed by atoms with Crippen molar-refractivity contribution >= 4 is 11.6 Å². The minimum absolute atomic E-state index is 0.0599. The van der Waals surface area contributed by atoms with Gasteiger partial charge in [0.05, 0.1) is 5.56 Å². The summed E-state index contributed by atoms with van der Waals surface area (Å²) in [5.74, 6) is 0.0599. The Bertz CT molecular complexity index is 529. The Morgan fingerprint density at radius 3 is 3.00 bits per heavy atom. The van der Waals surface area contributed by atoms with Crippen LogP contribution in [0.3, 0.4) is 0 Å². The highest BCUT2D eigenvalue weighted by Gasteiger charge is 2.37. The smallest absolute Gasteiger partial charge is 0.253 e. The Morgan fingerprint density at radius 1 is 1.33 bits per heavy atom. The van der Waals surface area contributed by atoms with Gasteiger partial charge in [-0.3, -0.25) is 9.69 Å². The van der Waals surface area contributed by atoms with E-state index in [4.69, 9.17) is 0 Å². The number of carbonyl (C=O) groups excluding carboxylic acids is 1. The van der Waals surface area contributed by atoms with Crippen molar-refractivity contribution in [3.8, 4) is 0 Å². The predicted molar refractivity (Wildman–Crippen MR) is 85.8 cm³/mol. The summed E-state index contributed by atoms with van der Waals surface area (Å²) in [6, 6.07) is 6.86. The van der Waals surface area contributed by atoms with Crippen LogP contribution < -0.4 is 10.6 Å². The average molecular weight is 287 g/mol. The molecule has 2 aliphatic rings. The van der Waals surface area contributed by atoms with E-state index < -0.39 is 0 Å². The number of benzene rings is 1. The third kappa shape index (κ3) is 2.91. The van der Waals surface area contributed by atoms with Gasteiger partial charge in [-0.1, -0.05) is 6.07 Å². The Labute approximate surface area is 126 Å². The number of aryl methyl sites for hydroxylation is 1. The van der Waals surface area contributed by atoms with Crippen molar-refractivity contribution in [1.29, 1.82) is 0 Å². The molecule has 2 saturated heterocycles. The molecule has 0 saturated carbocycles. The lowest BCUT2D eigenvalue weighted by Gasteiger charge is -2.22. The fraction of sp³-hybridized carbons (Fsp3) is 0.588. The molecule has 21 heavy (non-hydrogen) atoms. The fourth-order valence-electron chi connectivity index (χ4n) is 3.69. The standard InChI is InChI=1S/C17H25N3O/c1-3-18-15-11-12(2)6-7-13(15)17(21)19-14-8-10-20-9-4-5-16(14)20/h6-7,11,14,16,18H,3-5,8-10H2,1-2H3,(H,19,21). The highest BCUT2D eigenvalue weighted by atomic mass is 16.1. The minimum Gasteiger partial charge on any atom is -0.385 e. The van der Waals surface area contributed by atoms with E-state index in [1.807, 2.05) is 12.1 Å². The molecule has 2 heterocycles. The lowest BCUT2D eigenvalue weighted by molar-refractivity contribution is 0.0930. The summed E-state index contributed by atoms with van der Waals surface area (Å²) >= 11 is 0. The molecule has 0 aliphatic carbocycles. The van der Waals surface area contributed by atoms with Crippen LogP contribution in [0, 0.1) is 6.92 Å². The van der Waals surface area contributed by atoms with Crippen LogP contribution in [0.25, 0.3) is 0 Å². The Hall–Kier alpha value is -1.55. The number of fused-ring (bicyclic) bond motifs is 1. The lowest BCUT2D eigenvalue weighted by atomic mass is 10.0. The van der Waals surface area contributed by atoms with Crippen molar-refractivity contribution in [2.75, 3.05) is 25.0 Å². The molecule has 2 aliphatic heterocycles. The maximum atomic E-state index is 12.6. The topological polar surface area (TPSA) is 44.4 Å². The molecule has 2 atom stereocenters. The van der Waals surface area contributed by atoms with Gasteiger partial charge in [-0.25, -0.2) is 0 Å². The Morgan fingerprint density at radius 2 is 2.19 bits per heavy atom. The number of carbonyl (C=O) groups is 1. The molecule has 0 aromatic heterocycles. The zero-order valence-electron chi connectivity index (χ0n) is 13.0. The SMILES string of the molecule is CCNc1cc(C)ccc1C(=O)NC1CCN2CCCC12. The van der Waals surface area contributed by atoms with Crippen molar-refractivity contribution in [1.82, 2.24) is 10.2 Å². The molecular weight excluding hydrogens is 262 g/mol. The van der Waals surface area contributed by atoms with E-state index in [0.717, 1.165) is 30.8 Å². The van der Waals surface area contributed by atoms with E-state index in [1.165, 1.54) is 24.9 Å². The zero-order chi connectivity index (χ0) is 14.8. The van der Waals surface area contributed by atoms with Gasteiger partial charge >= 0.3 is 0 Å². The van der Waals surface area contributed by atoms with Gasteiger partial charge in [0, 0.05) is 30.9 Å². The number of nitrogens with zero attached hydrogens (tertiary/aromatic N) is 1. The van der Waals surface area contributed by atoms with Gasteiger partial charge in [-0.15, -0.1) is 0 Å². The zero-order valence-corrected chi connectivity index (χ0v) is 13.0. The molecule has 4 heteroatoms. The molecule has 114 valence electrons. The monoisotopic (exact) mass is 287 g/mol. The number of nitrogens with one attached hydrogen (secondary N) is 2. The van der Waals surface area contributed by atoms with Crippen LogP contribution in [0.2, 0.25) is 0 Å². The maximum absolute atomic E-state index is 12.6. The molecule has 4 nitrogen and oxygen atoms in total. The minimum atomic E-state index is 0.0599. The first-order valence-corrected chi connectivity index (χ1v) is 8.08. The fourth-order valence-corrected chi connectivity index (χ4v) is 3.69. The molecule has 2 fully saturated rings. The van der Waals surface area contributed by atoms with Crippen molar-refractivity contribution < 1.29 is 4.79 Å². The van der Waals surface area contributed by atoms with Gasteiger partial charge in [0.1, 0.15) is 0 Å². The van der Waals surface area contributed by atoms with Gasteiger partial charge in [0.15, 0.2) is 0 Å². The first kappa shape index (κ1) is 14.4. The highest BCUT2D eigenvalue weighted by Crippen LogP contribution is 2.28. The van der Waals surface area contributed by atoms with Gasteiger partial charge in [-0.2, -0.15) is 0 Å². The molecule has 0 bridgehead atoms. The van der Waals surface area contributed by atoms with Crippen LogP contribution in [0.15, 0.2) is 18.2 Å². The van der Waals surface area contributed by atoms with E-state index in [9.17, 15) is 4.79 Å². The largest absolute Gasteiger partial charge is 0.385 e. The van der Waals surface area contributed by atoms with Crippen molar-refractivity contribution in [3.05, 3.63) is 29.3 Å². The second-order valence-electron chi connectivity index (χ2n) is 6.19. The van der Waals surface area contributed by atoms with Crippen molar-refractivity contribution in [3.63, 3.8) is 0 Å². The second kappa shape index (κ2) is 6.06. The molecule has 1 aromatic carbocycles. The Balaban J connectivity index is 1.73. The predicted octanol–water partition coefficient (Wildman–Crippen LogP) is 2.39. The number of hydrogen-bond acceptors (Lipinski definition) is 3. The van der Waals surface area contributed by atoms with E-state index in [0.29, 0.717) is 12.1 Å². The summed E-state index contributed by atoms with van der Waals surface area (Å²) in [4.78, 5) is 15.1. The van der Waals surface area contributed by atoms with Crippen LogP contribution in [0.1, 0.15) is 42.1 Å². The van der Waals surface area contributed by atoms with E-state index in [1.54, 1.807) is 0 Å². The second-order valence-corrected chi connectivity index (χ2v) is 6.19. The molecule has 0 spiro atoms. The Kier molecular flexibility index (Phi) is 4.15. The van der Waals surface area contributed by atoms with Crippen LogP contribution in [-0.2, 0) is 0 Å². The molecule has 3 rings (SSSR count). The van der Waals surface area contributed by atoms with Gasteiger partial charge < -0.3 is 10.6 Å². The average Bonchev–Trinajstić information content (AvgIpc) is 3.04. The van der Waals surface area contributed by atoms with E-state index in [2.05, 4.69) is 35.4 Å². The number of hydrogen-bond donors (Lipinski definition) is 2. The number of amides is 1. The first-order chi connectivity index (χ1) is 10.2. The molecule has 1 amide bonds. The van der Waals surface area contributed by atoms with Crippen molar-refractivity contribution in [2.45, 2.75) is 45.2 Å². The van der Waals surface area contributed by atoms with Crippen LogP contribution in [0.4, 0.5) is 5.69 Å². The molecule has 2 N–H and O–H groups in total. The first-order valence-electron chi connectivity index (χ1n) is 8.08. The third-order valence-electron chi connectivity index (χ3n) is 4.71. The quantitative estimate of drug-likeness (QED) is 0.894. The van der Waals surface area contributed by atoms with Crippen LogP contribution in [-0.4, -0.2) is 42.5 Å².